The highest BCUT2D eigenvalue weighted by Gasteiger charge is 2.41. The molecule has 0 radical (unpaired) electrons. The molecule has 0 saturated heterocycles. The van der Waals surface area contributed by atoms with E-state index in [0.29, 0.717) is 6.23 Å². The SMILES string of the molecule is C[Si](C)(C)COC1=C(O)C(=O)OC1C(O)CO. The minimum Gasteiger partial charge on any atom is -0.499 e. The lowest BCUT2D eigenvalue weighted by Crippen LogP contribution is -2.35. The summed E-state index contributed by atoms with van der Waals surface area (Å²) in [6.45, 7) is 5.59. The lowest BCUT2D eigenvalue weighted by Gasteiger charge is -2.22. The van der Waals surface area contributed by atoms with E-state index in [0.717, 1.165) is 0 Å². The van der Waals surface area contributed by atoms with Gasteiger partial charge in [-0.25, -0.2) is 4.79 Å². The van der Waals surface area contributed by atoms with Gasteiger partial charge in [-0.3, -0.25) is 0 Å². The molecule has 0 aliphatic carbocycles. The smallest absolute Gasteiger partial charge is 0.378 e. The molecule has 0 amide bonds. The van der Waals surface area contributed by atoms with Crippen LogP contribution in [0.4, 0.5) is 0 Å². The van der Waals surface area contributed by atoms with Crippen molar-refractivity contribution in [1.29, 1.82) is 0 Å². The van der Waals surface area contributed by atoms with Gasteiger partial charge in [0.05, 0.1) is 20.9 Å². The lowest BCUT2D eigenvalue weighted by atomic mass is 10.2. The number of esters is 1. The second-order valence-corrected chi connectivity index (χ2v) is 10.5. The van der Waals surface area contributed by atoms with Crippen molar-refractivity contribution < 1.29 is 29.6 Å². The fourth-order valence-corrected chi connectivity index (χ4v) is 1.84. The quantitative estimate of drug-likeness (QED) is 0.474. The molecule has 2 atom stereocenters. The lowest BCUT2D eigenvalue weighted by molar-refractivity contribution is -0.148. The third kappa shape index (κ3) is 3.45. The average Bonchev–Trinajstić information content (AvgIpc) is 2.51. The van der Waals surface area contributed by atoms with E-state index in [2.05, 4.69) is 19.6 Å². The van der Waals surface area contributed by atoms with Crippen molar-refractivity contribution >= 4 is 14.0 Å². The average molecular weight is 262 g/mol. The molecular formula is C10H18O6Si. The van der Waals surface area contributed by atoms with Gasteiger partial charge in [-0.05, 0) is 0 Å². The number of rotatable bonds is 5. The first-order valence-electron chi connectivity index (χ1n) is 5.32. The van der Waals surface area contributed by atoms with Gasteiger partial charge in [0.25, 0.3) is 0 Å². The van der Waals surface area contributed by atoms with Crippen LogP contribution in [0.2, 0.25) is 19.6 Å². The Labute approximate surface area is 100 Å². The molecule has 0 spiro atoms. The van der Waals surface area contributed by atoms with Gasteiger partial charge in [0.2, 0.25) is 5.76 Å². The highest BCUT2D eigenvalue weighted by atomic mass is 28.3. The summed E-state index contributed by atoms with van der Waals surface area (Å²) in [6.07, 6.45) is -2.03. The molecule has 0 fully saturated rings. The number of hydrogen-bond acceptors (Lipinski definition) is 6. The summed E-state index contributed by atoms with van der Waals surface area (Å²) < 4.78 is 10.1. The maximum atomic E-state index is 11.1. The third-order valence-electron chi connectivity index (χ3n) is 2.12. The number of cyclic esters (lactones) is 1. The van der Waals surface area contributed by atoms with E-state index in [-0.39, 0.29) is 5.76 Å². The molecule has 7 heteroatoms. The second kappa shape index (κ2) is 5.07. The second-order valence-electron chi connectivity index (χ2n) is 5.14. The van der Waals surface area contributed by atoms with E-state index in [1.165, 1.54) is 0 Å². The third-order valence-corrected chi connectivity index (χ3v) is 3.13. The van der Waals surface area contributed by atoms with Gasteiger partial charge in [-0.1, -0.05) is 19.6 Å². The standard InChI is InChI=1S/C10H18O6Si/c1-17(2,3)5-15-9-7(13)10(14)16-8(9)6(12)4-11/h6,8,11-13H,4-5H2,1-3H3. The van der Waals surface area contributed by atoms with Gasteiger partial charge >= 0.3 is 5.97 Å². The summed E-state index contributed by atoms with van der Waals surface area (Å²) in [6, 6.07) is 0. The molecule has 17 heavy (non-hydrogen) atoms. The van der Waals surface area contributed by atoms with Crippen LogP contribution in [0.25, 0.3) is 0 Å². The fourth-order valence-electron chi connectivity index (χ4n) is 1.25. The van der Waals surface area contributed by atoms with Crippen LogP contribution >= 0.6 is 0 Å². The Kier molecular flexibility index (Phi) is 4.18. The van der Waals surface area contributed by atoms with Crippen LogP contribution in [-0.2, 0) is 14.3 Å². The maximum Gasteiger partial charge on any atom is 0.378 e. The normalized spacial score (nSPS) is 22.6. The van der Waals surface area contributed by atoms with Gasteiger partial charge in [0, 0.05) is 0 Å². The summed E-state index contributed by atoms with van der Waals surface area (Å²) in [5.41, 5.74) is 0. The molecule has 0 aromatic carbocycles. The Morgan fingerprint density at radius 2 is 2.06 bits per heavy atom. The van der Waals surface area contributed by atoms with E-state index < -0.39 is 38.6 Å². The van der Waals surface area contributed by atoms with Gasteiger partial charge in [0.1, 0.15) is 6.10 Å². The summed E-state index contributed by atoms with van der Waals surface area (Å²) in [5.74, 6) is -1.65. The molecule has 0 saturated carbocycles. The van der Waals surface area contributed by atoms with Gasteiger partial charge in [0.15, 0.2) is 11.9 Å². The van der Waals surface area contributed by atoms with Crippen molar-refractivity contribution in [2.45, 2.75) is 31.8 Å². The summed E-state index contributed by atoms with van der Waals surface area (Å²) in [4.78, 5) is 11.1. The molecule has 2 unspecified atom stereocenters. The Hall–Kier alpha value is -1.05. The number of aliphatic hydroxyl groups excluding tert-OH is 3. The predicted molar refractivity (Wildman–Crippen MR) is 61.9 cm³/mol. The van der Waals surface area contributed by atoms with Gasteiger partial charge < -0.3 is 24.8 Å². The van der Waals surface area contributed by atoms with E-state index >= 15 is 0 Å². The van der Waals surface area contributed by atoms with Crippen LogP contribution in [-0.4, -0.2) is 54.4 Å². The first-order valence-corrected chi connectivity index (χ1v) is 9.03. The number of hydrogen-bond donors (Lipinski definition) is 3. The van der Waals surface area contributed by atoms with Crippen molar-refractivity contribution in [3.8, 4) is 0 Å². The Bertz CT molecular complexity index is 332. The van der Waals surface area contributed by atoms with E-state index in [4.69, 9.17) is 14.6 Å². The minimum atomic E-state index is -1.53. The number of ether oxygens (including phenoxy) is 2. The largest absolute Gasteiger partial charge is 0.499 e. The Morgan fingerprint density at radius 3 is 2.53 bits per heavy atom. The Balaban J connectivity index is 2.79. The van der Waals surface area contributed by atoms with Crippen molar-refractivity contribution in [1.82, 2.24) is 0 Å². The molecule has 1 aliphatic rings. The molecule has 6 nitrogen and oxygen atoms in total. The molecule has 0 bridgehead atoms. The molecule has 1 rings (SSSR count). The van der Waals surface area contributed by atoms with Crippen molar-refractivity contribution in [2.75, 3.05) is 12.8 Å². The van der Waals surface area contributed by atoms with Crippen LogP contribution in [0.5, 0.6) is 0 Å². The topological polar surface area (TPSA) is 96.2 Å². The maximum absolute atomic E-state index is 11.1. The molecule has 1 aliphatic heterocycles. The molecule has 98 valence electrons. The first kappa shape index (κ1) is 14.0. The van der Waals surface area contributed by atoms with Crippen LogP contribution in [0.3, 0.4) is 0 Å². The summed E-state index contributed by atoms with van der Waals surface area (Å²) in [7, 11) is -1.53. The number of carbonyl (C=O) groups excluding carboxylic acids is 1. The zero-order valence-electron chi connectivity index (χ0n) is 10.1. The zero-order chi connectivity index (χ0) is 13.2. The van der Waals surface area contributed by atoms with Gasteiger partial charge in [-0.15, -0.1) is 0 Å². The molecule has 3 N–H and O–H groups in total. The van der Waals surface area contributed by atoms with Crippen LogP contribution in [0.1, 0.15) is 0 Å². The predicted octanol–water partition coefficient (Wildman–Crippen LogP) is -0.0714. The fraction of sp³-hybridized carbons (Fsp3) is 0.700. The monoisotopic (exact) mass is 262 g/mol. The highest BCUT2D eigenvalue weighted by molar-refractivity contribution is 6.76. The number of carbonyl (C=O) groups is 1. The first-order chi connectivity index (χ1) is 7.76. The Morgan fingerprint density at radius 1 is 1.47 bits per heavy atom. The van der Waals surface area contributed by atoms with Crippen LogP contribution in [0.15, 0.2) is 11.5 Å². The van der Waals surface area contributed by atoms with Crippen molar-refractivity contribution in [3.05, 3.63) is 11.5 Å². The van der Waals surface area contributed by atoms with E-state index in [1.807, 2.05) is 0 Å². The molecule has 0 aromatic rings. The zero-order valence-corrected chi connectivity index (χ0v) is 11.1. The van der Waals surface area contributed by atoms with Crippen molar-refractivity contribution in [2.24, 2.45) is 0 Å². The highest BCUT2D eigenvalue weighted by Crippen LogP contribution is 2.25. The number of aliphatic hydroxyl groups is 3. The van der Waals surface area contributed by atoms with Gasteiger partial charge in [-0.2, -0.15) is 0 Å². The summed E-state index contributed by atoms with van der Waals surface area (Å²) >= 11 is 0. The van der Waals surface area contributed by atoms with Crippen molar-refractivity contribution in [3.63, 3.8) is 0 Å². The van der Waals surface area contributed by atoms with E-state index in [9.17, 15) is 15.0 Å². The summed E-state index contributed by atoms with van der Waals surface area (Å²) in [5, 5.41) is 27.7. The van der Waals surface area contributed by atoms with E-state index in [1.54, 1.807) is 0 Å². The van der Waals surface area contributed by atoms with Crippen LogP contribution < -0.4 is 0 Å². The molecule has 1 heterocycles. The van der Waals surface area contributed by atoms with Crippen LogP contribution in [0, 0.1) is 0 Å². The minimum absolute atomic E-state index is 0.0843. The molecular weight excluding hydrogens is 244 g/mol. The molecule has 0 aromatic heterocycles.